The summed E-state index contributed by atoms with van der Waals surface area (Å²) >= 11 is 1.49. The number of nitrogens with zero attached hydrogens (tertiary/aromatic N) is 3. The number of rotatable bonds is 5. The number of aromatic nitrogens is 3. The average Bonchev–Trinajstić information content (AvgIpc) is 3.22. The first-order valence-corrected chi connectivity index (χ1v) is 9.64. The van der Waals surface area contributed by atoms with Crippen molar-refractivity contribution in [3.8, 4) is 0 Å². The molecule has 0 saturated carbocycles. The Bertz CT molecular complexity index is 1050. The average molecular weight is 390 g/mol. The molecule has 5 N–H and O–H groups in total. The van der Waals surface area contributed by atoms with Crippen LogP contribution in [0, 0.1) is 0 Å². The third-order valence-corrected chi connectivity index (χ3v) is 4.98. The Morgan fingerprint density at radius 1 is 1.23 bits per heavy atom. The van der Waals surface area contributed by atoms with Crippen LogP contribution in [-0.2, 0) is 10.0 Å². The number of primary sulfonamides is 1. The SMILES string of the molecule is Nc1nc(Nc2ccc(S(N)(=O)=O)cc2)nn1C(=O)/C=C/c1cccs1. The van der Waals surface area contributed by atoms with Crippen molar-refractivity contribution in [1.82, 2.24) is 14.8 Å². The highest BCUT2D eigenvalue weighted by atomic mass is 32.2. The molecule has 1 aromatic carbocycles. The lowest BCUT2D eigenvalue weighted by Crippen LogP contribution is -2.12. The van der Waals surface area contributed by atoms with Gasteiger partial charge in [0.1, 0.15) is 0 Å². The smallest absolute Gasteiger partial charge is 0.274 e. The van der Waals surface area contributed by atoms with Gasteiger partial charge >= 0.3 is 0 Å². The van der Waals surface area contributed by atoms with Crippen molar-refractivity contribution in [2.24, 2.45) is 5.14 Å². The second-order valence-electron chi connectivity index (χ2n) is 5.09. The summed E-state index contributed by atoms with van der Waals surface area (Å²) < 4.78 is 23.4. The number of nitrogens with one attached hydrogen (secondary N) is 1. The monoisotopic (exact) mass is 390 g/mol. The molecule has 2 heterocycles. The fraction of sp³-hybridized carbons (Fsp3) is 0. The van der Waals surface area contributed by atoms with E-state index in [1.807, 2.05) is 17.5 Å². The molecular formula is C15H14N6O3S2. The lowest BCUT2D eigenvalue weighted by atomic mass is 10.3. The Kier molecular flexibility index (Phi) is 4.84. The normalized spacial score (nSPS) is 11.7. The molecule has 0 amide bonds. The van der Waals surface area contributed by atoms with E-state index in [0.29, 0.717) is 5.69 Å². The zero-order valence-corrected chi connectivity index (χ0v) is 14.9. The lowest BCUT2D eigenvalue weighted by Gasteiger charge is -2.02. The summed E-state index contributed by atoms with van der Waals surface area (Å²) in [7, 11) is -3.77. The molecule has 0 fully saturated rings. The van der Waals surface area contributed by atoms with Crippen LogP contribution in [0.15, 0.2) is 52.7 Å². The number of sulfonamides is 1. The van der Waals surface area contributed by atoms with E-state index in [-0.39, 0.29) is 16.8 Å². The summed E-state index contributed by atoms with van der Waals surface area (Å²) in [6, 6.07) is 9.42. The Hall–Kier alpha value is -3.02. The van der Waals surface area contributed by atoms with Gasteiger partial charge < -0.3 is 11.1 Å². The molecule has 0 bridgehead atoms. The van der Waals surface area contributed by atoms with Crippen LogP contribution in [0.4, 0.5) is 17.6 Å². The number of carbonyl (C=O) groups is 1. The van der Waals surface area contributed by atoms with E-state index in [9.17, 15) is 13.2 Å². The van der Waals surface area contributed by atoms with E-state index in [0.717, 1.165) is 9.56 Å². The van der Waals surface area contributed by atoms with Crippen LogP contribution < -0.4 is 16.2 Å². The number of hydrogen-bond donors (Lipinski definition) is 3. The van der Waals surface area contributed by atoms with Crippen molar-refractivity contribution in [3.05, 3.63) is 52.7 Å². The molecule has 0 unspecified atom stereocenters. The summed E-state index contributed by atoms with van der Waals surface area (Å²) in [5, 5.41) is 13.8. The zero-order chi connectivity index (χ0) is 18.7. The van der Waals surface area contributed by atoms with Gasteiger partial charge in [0, 0.05) is 16.6 Å². The topological polar surface area (TPSA) is 146 Å². The third-order valence-electron chi connectivity index (χ3n) is 3.21. The molecule has 0 radical (unpaired) electrons. The first kappa shape index (κ1) is 17.8. The predicted molar refractivity (Wildman–Crippen MR) is 99.5 cm³/mol. The largest absolute Gasteiger partial charge is 0.368 e. The lowest BCUT2D eigenvalue weighted by molar-refractivity contribution is 0.0958. The summed E-state index contributed by atoms with van der Waals surface area (Å²) in [5.41, 5.74) is 6.24. The fourth-order valence-electron chi connectivity index (χ4n) is 2.01. The van der Waals surface area contributed by atoms with Gasteiger partial charge in [-0.2, -0.15) is 9.67 Å². The van der Waals surface area contributed by atoms with E-state index in [4.69, 9.17) is 10.9 Å². The van der Waals surface area contributed by atoms with Gasteiger partial charge in [-0.15, -0.1) is 16.4 Å². The Labute approximate surface area is 153 Å². The molecule has 0 aliphatic carbocycles. The minimum Gasteiger partial charge on any atom is -0.368 e. The predicted octanol–water partition coefficient (Wildman–Crippen LogP) is 1.67. The Morgan fingerprint density at radius 2 is 1.96 bits per heavy atom. The van der Waals surface area contributed by atoms with Crippen LogP contribution in [0.1, 0.15) is 9.67 Å². The van der Waals surface area contributed by atoms with Crippen LogP contribution in [0.3, 0.4) is 0 Å². The van der Waals surface area contributed by atoms with Crippen molar-refractivity contribution in [2.75, 3.05) is 11.1 Å². The number of thiophene rings is 1. The summed E-state index contributed by atoms with van der Waals surface area (Å²) in [5.74, 6) is -0.417. The van der Waals surface area contributed by atoms with Crippen LogP contribution in [0.2, 0.25) is 0 Å². The molecular weight excluding hydrogens is 376 g/mol. The molecule has 0 atom stereocenters. The molecule has 11 heteroatoms. The van der Waals surface area contributed by atoms with Gasteiger partial charge in [-0.25, -0.2) is 13.6 Å². The molecule has 26 heavy (non-hydrogen) atoms. The fourth-order valence-corrected chi connectivity index (χ4v) is 3.14. The molecule has 0 saturated heterocycles. The number of allylic oxidation sites excluding steroid dienone is 1. The molecule has 2 aromatic heterocycles. The Balaban J connectivity index is 1.74. The molecule has 9 nitrogen and oxygen atoms in total. The number of nitrogen functional groups attached to an aromatic ring is 1. The van der Waals surface area contributed by atoms with E-state index in [1.165, 1.54) is 41.7 Å². The number of carbonyl (C=O) groups excluding carboxylic acids is 1. The maximum Gasteiger partial charge on any atom is 0.274 e. The molecule has 134 valence electrons. The highest BCUT2D eigenvalue weighted by molar-refractivity contribution is 7.89. The number of nitrogens with two attached hydrogens (primary N) is 2. The van der Waals surface area contributed by atoms with Gasteiger partial charge in [0.2, 0.25) is 21.9 Å². The summed E-state index contributed by atoms with van der Waals surface area (Å²) in [6.07, 6.45) is 3.01. The molecule has 0 spiro atoms. The van der Waals surface area contributed by atoms with Crippen molar-refractivity contribution in [1.29, 1.82) is 0 Å². The van der Waals surface area contributed by atoms with Crippen LogP contribution in [-0.4, -0.2) is 29.1 Å². The first-order chi connectivity index (χ1) is 12.3. The minimum atomic E-state index is -3.77. The van der Waals surface area contributed by atoms with Gasteiger partial charge in [-0.1, -0.05) is 6.07 Å². The van der Waals surface area contributed by atoms with Gasteiger partial charge in [-0.3, -0.25) is 4.79 Å². The van der Waals surface area contributed by atoms with Gasteiger partial charge in [0.25, 0.3) is 5.91 Å². The minimum absolute atomic E-state index is 0.0186. The summed E-state index contributed by atoms with van der Waals surface area (Å²) in [6.45, 7) is 0. The summed E-state index contributed by atoms with van der Waals surface area (Å²) in [4.78, 5) is 17.0. The molecule has 3 aromatic rings. The van der Waals surface area contributed by atoms with E-state index in [2.05, 4.69) is 15.4 Å². The third kappa shape index (κ3) is 4.14. The highest BCUT2D eigenvalue weighted by Gasteiger charge is 2.13. The maximum atomic E-state index is 12.2. The first-order valence-electron chi connectivity index (χ1n) is 7.21. The van der Waals surface area contributed by atoms with Crippen molar-refractivity contribution < 1.29 is 13.2 Å². The maximum absolute atomic E-state index is 12.2. The Morgan fingerprint density at radius 3 is 2.58 bits per heavy atom. The molecule has 0 aliphatic rings. The van der Waals surface area contributed by atoms with Crippen LogP contribution >= 0.6 is 11.3 Å². The van der Waals surface area contributed by atoms with E-state index < -0.39 is 15.9 Å². The number of hydrogen-bond acceptors (Lipinski definition) is 8. The van der Waals surface area contributed by atoms with Gasteiger partial charge in [0.15, 0.2) is 0 Å². The zero-order valence-electron chi connectivity index (χ0n) is 13.2. The quantitative estimate of drug-likeness (QED) is 0.562. The van der Waals surface area contributed by atoms with Crippen molar-refractivity contribution in [3.63, 3.8) is 0 Å². The van der Waals surface area contributed by atoms with E-state index >= 15 is 0 Å². The van der Waals surface area contributed by atoms with Gasteiger partial charge in [-0.05, 0) is 41.8 Å². The second-order valence-corrected chi connectivity index (χ2v) is 7.63. The molecule has 3 rings (SSSR count). The standard InChI is InChI=1S/C15H14N6O3S2/c16-14-19-15(18-10-3-6-12(7-4-10)26(17,23)24)20-21(14)13(22)8-5-11-2-1-9-25-11/h1-9H,(H2,17,23,24)(H3,16,18,19,20)/b8-5+. The van der Waals surface area contributed by atoms with Gasteiger partial charge in [0.05, 0.1) is 4.90 Å². The van der Waals surface area contributed by atoms with Crippen LogP contribution in [0.25, 0.3) is 6.08 Å². The van der Waals surface area contributed by atoms with Crippen LogP contribution in [0.5, 0.6) is 0 Å². The van der Waals surface area contributed by atoms with Crippen molar-refractivity contribution >= 4 is 50.9 Å². The molecule has 0 aliphatic heterocycles. The number of benzene rings is 1. The van der Waals surface area contributed by atoms with Crippen molar-refractivity contribution in [2.45, 2.75) is 4.90 Å². The van der Waals surface area contributed by atoms with E-state index in [1.54, 1.807) is 6.08 Å². The highest BCUT2D eigenvalue weighted by Crippen LogP contribution is 2.17. The second kappa shape index (κ2) is 7.07. The number of anilines is 3.